The minimum absolute atomic E-state index is 0.0116. The Bertz CT molecular complexity index is 1310. The third-order valence-corrected chi connectivity index (χ3v) is 9.26. The second-order valence-electron chi connectivity index (χ2n) is 9.85. The Labute approximate surface area is 230 Å². The van der Waals surface area contributed by atoms with Gasteiger partial charge in [-0.25, -0.2) is 8.42 Å². The Balaban J connectivity index is 1.21. The van der Waals surface area contributed by atoms with Gasteiger partial charge in [0.1, 0.15) is 0 Å². The molecule has 2 saturated heterocycles. The molecule has 1 atom stereocenters. The third-order valence-electron chi connectivity index (χ3n) is 7.35. The molecule has 5 rings (SSSR count). The van der Waals surface area contributed by atoms with Gasteiger partial charge in [-0.1, -0.05) is 36.4 Å². The minimum atomic E-state index is -3.60. The fraction of sp³-hybridized carbons (Fsp3) is 0.379. The van der Waals surface area contributed by atoms with Crippen molar-refractivity contribution in [1.82, 2.24) is 24.4 Å². The highest BCUT2D eigenvalue weighted by atomic mass is 32.2. The number of hydrogen-bond acceptors (Lipinski definition) is 7. The zero-order valence-electron chi connectivity index (χ0n) is 22.0. The average molecular weight is 550 g/mol. The molecule has 0 radical (unpaired) electrons. The number of piperazine rings is 1. The van der Waals surface area contributed by atoms with Crippen molar-refractivity contribution in [3.05, 3.63) is 95.8 Å². The number of sulfonamides is 1. The first-order valence-electron chi connectivity index (χ1n) is 13.4. The molecule has 1 unspecified atom stereocenters. The molecule has 10 heteroatoms. The third kappa shape index (κ3) is 6.90. The summed E-state index contributed by atoms with van der Waals surface area (Å²) in [7, 11) is -3.60. The van der Waals surface area contributed by atoms with Gasteiger partial charge in [0.25, 0.3) is 5.91 Å². The topological polar surface area (TPSA) is 95.1 Å². The highest BCUT2D eigenvalue weighted by Crippen LogP contribution is 2.22. The van der Waals surface area contributed by atoms with Crippen molar-refractivity contribution in [3.63, 3.8) is 0 Å². The van der Waals surface area contributed by atoms with Crippen molar-refractivity contribution in [2.24, 2.45) is 0 Å². The molecular formula is C29H35N5O4S. The van der Waals surface area contributed by atoms with Crippen LogP contribution in [0.4, 0.5) is 0 Å². The number of ether oxygens (including phenoxy) is 1. The number of rotatable bonds is 9. The summed E-state index contributed by atoms with van der Waals surface area (Å²) in [5.41, 5.74) is 2.79. The van der Waals surface area contributed by atoms with Gasteiger partial charge in [0.05, 0.1) is 24.2 Å². The summed E-state index contributed by atoms with van der Waals surface area (Å²) >= 11 is 0. The minimum Gasteiger partial charge on any atom is -0.379 e. The van der Waals surface area contributed by atoms with Gasteiger partial charge >= 0.3 is 0 Å². The fourth-order valence-electron chi connectivity index (χ4n) is 5.11. The molecule has 0 saturated carbocycles. The summed E-state index contributed by atoms with van der Waals surface area (Å²) in [5.74, 6) is -0.234. The summed E-state index contributed by atoms with van der Waals surface area (Å²) < 4.78 is 32.5. The molecular weight excluding hydrogens is 514 g/mol. The molecule has 2 aromatic carbocycles. The maximum Gasteiger partial charge on any atom is 0.251 e. The molecule has 206 valence electrons. The summed E-state index contributed by atoms with van der Waals surface area (Å²) in [5, 5.41) is 3.07. The van der Waals surface area contributed by atoms with E-state index in [2.05, 4.69) is 44.4 Å². The summed E-state index contributed by atoms with van der Waals surface area (Å²) in [6.45, 7) is 6.46. The van der Waals surface area contributed by atoms with Crippen LogP contribution < -0.4 is 5.32 Å². The standard InChI is InChI=1S/C29H35N5O4S/c35-29(25-8-10-27(11-9-25)39(36,37)34-17-19-38-20-18-34)31-22-28(26-7-4-12-30-21-26)33-15-13-32(14-16-33)23-24-5-2-1-3-6-24/h1-12,21,28H,13-20,22-23H2,(H,31,35). The van der Waals surface area contributed by atoms with Gasteiger partial charge in [-0.05, 0) is 41.5 Å². The summed E-state index contributed by atoms with van der Waals surface area (Å²) in [4.78, 5) is 22.4. The van der Waals surface area contributed by atoms with E-state index in [9.17, 15) is 13.2 Å². The van der Waals surface area contributed by atoms with Crippen molar-refractivity contribution in [1.29, 1.82) is 0 Å². The fourth-order valence-corrected chi connectivity index (χ4v) is 6.52. The molecule has 1 N–H and O–H groups in total. The van der Waals surface area contributed by atoms with Crippen LogP contribution in [-0.4, -0.2) is 92.4 Å². The summed E-state index contributed by atoms with van der Waals surface area (Å²) in [6, 6.07) is 20.6. The normalized spacial score (nSPS) is 18.5. The number of carbonyl (C=O) groups is 1. The maximum atomic E-state index is 13.1. The van der Waals surface area contributed by atoms with E-state index in [4.69, 9.17) is 4.74 Å². The van der Waals surface area contributed by atoms with Gasteiger partial charge in [-0.15, -0.1) is 0 Å². The Kier molecular flexibility index (Phi) is 9.00. The number of pyridine rings is 1. The maximum absolute atomic E-state index is 13.1. The Morgan fingerprint density at radius 2 is 1.62 bits per heavy atom. The van der Waals surface area contributed by atoms with E-state index in [0.717, 1.165) is 38.3 Å². The van der Waals surface area contributed by atoms with Crippen LogP contribution in [0, 0.1) is 0 Å². The molecule has 0 aliphatic carbocycles. The molecule has 39 heavy (non-hydrogen) atoms. The molecule has 3 aromatic rings. The average Bonchev–Trinajstić information content (AvgIpc) is 2.99. The Morgan fingerprint density at radius 3 is 2.28 bits per heavy atom. The van der Waals surface area contributed by atoms with Crippen LogP contribution >= 0.6 is 0 Å². The number of carbonyl (C=O) groups excluding carboxylic acids is 1. The van der Waals surface area contributed by atoms with Crippen LogP contribution in [0.3, 0.4) is 0 Å². The second-order valence-corrected chi connectivity index (χ2v) is 11.8. The second kappa shape index (κ2) is 12.8. The van der Waals surface area contributed by atoms with Crippen LogP contribution in [0.25, 0.3) is 0 Å². The van der Waals surface area contributed by atoms with Gasteiger partial charge < -0.3 is 10.1 Å². The Morgan fingerprint density at radius 1 is 0.897 bits per heavy atom. The molecule has 0 bridgehead atoms. The Hall–Kier alpha value is -3.15. The highest BCUT2D eigenvalue weighted by molar-refractivity contribution is 7.89. The number of nitrogens with one attached hydrogen (secondary N) is 1. The van der Waals surface area contributed by atoms with Gasteiger partial charge in [0, 0.05) is 70.3 Å². The van der Waals surface area contributed by atoms with Gasteiger partial charge in [-0.3, -0.25) is 19.6 Å². The highest BCUT2D eigenvalue weighted by Gasteiger charge is 2.28. The predicted octanol–water partition coefficient (Wildman–Crippen LogP) is 2.39. The lowest BCUT2D eigenvalue weighted by atomic mass is 10.1. The molecule has 9 nitrogen and oxygen atoms in total. The first-order valence-corrected chi connectivity index (χ1v) is 14.8. The van der Waals surface area contributed by atoms with E-state index in [0.29, 0.717) is 38.4 Å². The smallest absolute Gasteiger partial charge is 0.251 e. The number of hydrogen-bond donors (Lipinski definition) is 1. The molecule has 1 amide bonds. The lowest BCUT2D eigenvalue weighted by Crippen LogP contribution is -2.49. The monoisotopic (exact) mass is 549 g/mol. The number of morpholine rings is 1. The number of aromatic nitrogens is 1. The van der Waals surface area contributed by atoms with Gasteiger partial charge in [0.2, 0.25) is 10.0 Å². The van der Waals surface area contributed by atoms with Crippen molar-refractivity contribution in [2.45, 2.75) is 17.5 Å². The number of benzene rings is 2. The van der Waals surface area contributed by atoms with Crippen LogP contribution in [0.2, 0.25) is 0 Å². The lowest BCUT2D eigenvalue weighted by molar-refractivity contribution is 0.0730. The van der Waals surface area contributed by atoms with Crippen LogP contribution in [-0.2, 0) is 21.3 Å². The SMILES string of the molecule is O=C(NCC(c1cccnc1)N1CCN(Cc2ccccc2)CC1)c1ccc(S(=O)(=O)N2CCOCC2)cc1. The zero-order chi connectivity index (χ0) is 27.1. The molecule has 0 spiro atoms. The van der Waals surface area contributed by atoms with E-state index >= 15 is 0 Å². The molecule has 3 heterocycles. The van der Waals surface area contributed by atoms with Crippen LogP contribution in [0.15, 0.2) is 84.0 Å². The van der Waals surface area contributed by atoms with E-state index in [1.54, 1.807) is 18.3 Å². The van der Waals surface area contributed by atoms with Gasteiger partial charge in [-0.2, -0.15) is 4.31 Å². The van der Waals surface area contributed by atoms with Crippen molar-refractivity contribution < 1.29 is 17.9 Å². The molecule has 1 aromatic heterocycles. The van der Waals surface area contributed by atoms with Gasteiger partial charge in [0.15, 0.2) is 0 Å². The molecule has 2 fully saturated rings. The van der Waals surface area contributed by atoms with E-state index in [1.807, 2.05) is 24.4 Å². The first kappa shape index (κ1) is 27.4. The number of nitrogens with zero attached hydrogens (tertiary/aromatic N) is 4. The first-order chi connectivity index (χ1) is 19.0. The zero-order valence-corrected chi connectivity index (χ0v) is 22.8. The van der Waals surface area contributed by atoms with E-state index in [1.165, 1.54) is 22.0 Å². The quantitative estimate of drug-likeness (QED) is 0.438. The number of amides is 1. The van der Waals surface area contributed by atoms with Crippen molar-refractivity contribution in [3.8, 4) is 0 Å². The van der Waals surface area contributed by atoms with E-state index < -0.39 is 10.0 Å². The van der Waals surface area contributed by atoms with Crippen LogP contribution in [0.5, 0.6) is 0 Å². The largest absolute Gasteiger partial charge is 0.379 e. The summed E-state index contributed by atoms with van der Waals surface area (Å²) in [6.07, 6.45) is 3.61. The van der Waals surface area contributed by atoms with E-state index in [-0.39, 0.29) is 16.8 Å². The molecule has 2 aliphatic heterocycles. The van der Waals surface area contributed by atoms with Crippen LogP contribution in [0.1, 0.15) is 27.5 Å². The van der Waals surface area contributed by atoms with Crippen molar-refractivity contribution in [2.75, 3.05) is 59.0 Å². The predicted molar refractivity (Wildman–Crippen MR) is 149 cm³/mol. The lowest BCUT2D eigenvalue weighted by Gasteiger charge is -2.39. The van der Waals surface area contributed by atoms with Crippen molar-refractivity contribution >= 4 is 15.9 Å². The molecule has 2 aliphatic rings.